The van der Waals surface area contributed by atoms with Crippen LogP contribution < -0.4 is 10.6 Å². The lowest BCUT2D eigenvalue weighted by molar-refractivity contribution is 0.126. The molecule has 1 aliphatic carbocycles. The van der Waals surface area contributed by atoms with Crippen molar-refractivity contribution in [2.45, 2.75) is 44.8 Å². The molecular weight excluding hydrogens is 302 g/mol. The molecule has 2 heterocycles. The number of dihydropyridines is 1. The number of aliphatic hydroxyl groups excluding tert-OH is 1. The second-order valence-electron chi connectivity index (χ2n) is 6.14. The zero-order valence-electron chi connectivity index (χ0n) is 13.7. The number of aliphatic hydroxyl groups is 1. The van der Waals surface area contributed by atoms with E-state index in [-0.39, 0.29) is 12.1 Å². The highest BCUT2D eigenvalue weighted by molar-refractivity contribution is 5.80. The lowest BCUT2D eigenvalue weighted by Crippen LogP contribution is -2.29. The van der Waals surface area contributed by atoms with Crippen LogP contribution in [0.1, 0.15) is 36.9 Å². The van der Waals surface area contributed by atoms with E-state index in [1.807, 2.05) is 25.2 Å². The van der Waals surface area contributed by atoms with Gasteiger partial charge in [-0.3, -0.25) is 0 Å². The molecule has 2 aliphatic rings. The maximum absolute atomic E-state index is 9.60. The maximum Gasteiger partial charge on any atom is 0.223 e. The average Bonchev–Trinajstić information content (AvgIpc) is 2.61. The van der Waals surface area contributed by atoms with Gasteiger partial charge in [0.1, 0.15) is 11.6 Å². The molecule has 0 saturated heterocycles. The molecule has 6 nitrogen and oxygen atoms in total. The van der Waals surface area contributed by atoms with Crippen molar-refractivity contribution in [1.82, 2.24) is 15.3 Å². The Labute approximate surface area is 141 Å². The van der Waals surface area contributed by atoms with Crippen molar-refractivity contribution in [2.75, 3.05) is 5.32 Å². The summed E-state index contributed by atoms with van der Waals surface area (Å²) in [6.45, 7) is 1.90. The molecule has 1 aromatic heterocycles. The second-order valence-corrected chi connectivity index (χ2v) is 6.14. The number of nitrogens with one attached hydrogen (secondary N) is 2. The van der Waals surface area contributed by atoms with E-state index in [2.05, 4.69) is 26.7 Å². The fourth-order valence-electron chi connectivity index (χ4n) is 2.96. The Morgan fingerprint density at radius 1 is 1.33 bits per heavy atom. The van der Waals surface area contributed by atoms with Crippen molar-refractivity contribution < 1.29 is 5.11 Å². The molecule has 3 N–H and O–H groups in total. The minimum Gasteiger partial charge on any atom is -0.393 e. The molecule has 3 rings (SSSR count). The summed E-state index contributed by atoms with van der Waals surface area (Å²) < 4.78 is 0. The number of nitriles is 1. The molecule has 0 radical (unpaired) electrons. The summed E-state index contributed by atoms with van der Waals surface area (Å²) in [4.78, 5) is 8.91. The quantitative estimate of drug-likeness (QED) is 0.740. The van der Waals surface area contributed by atoms with Crippen LogP contribution in [0.3, 0.4) is 0 Å². The van der Waals surface area contributed by atoms with Gasteiger partial charge in [-0.1, -0.05) is 6.08 Å². The van der Waals surface area contributed by atoms with Crippen LogP contribution in [-0.2, 0) is 0 Å². The fraction of sp³-hybridized carbons (Fsp3) is 0.389. The molecule has 1 aromatic rings. The average molecular weight is 323 g/mol. The summed E-state index contributed by atoms with van der Waals surface area (Å²) in [5.74, 6) is 0.528. The maximum atomic E-state index is 9.60. The van der Waals surface area contributed by atoms with Gasteiger partial charge in [-0.05, 0) is 50.3 Å². The molecule has 24 heavy (non-hydrogen) atoms. The van der Waals surface area contributed by atoms with Gasteiger partial charge in [-0.25, -0.2) is 9.97 Å². The van der Waals surface area contributed by atoms with Gasteiger partial charge in [0.05, 0.1) is 17.5 Å². The first-order valence-electron chi connectivity index (χ1n) is 8.20. The first-order valence-corrected chi connectivity index (χ1v) is 8.20. The van der Waals surface area contributed by atoms with Crippen LogP contribution in [-0.4, -0.2) is 27.2 Å². The summed E-state index contributed by atoms with van der Waals surface area (Å²) in [6, 6.07) is 2.51. The molecule has 0 atom stereocenters. The molecule has 1 fully saturated rings. The van der Waals surface area contributed by atoms with E-state index in [1.54, 1.807) is 12.4 Å². The van der Waals surface area contributed by atoms with Crippen LogP contribution in [0.25, 0.3) is 5.57 Å². The van der Waals surface area contributed by atoms with E-state index in [0.717, 1.165) is 36.9 Å². The predicted molar refractivity (Wildman–Crippen MR) is 92.6 cm³/mol. The SMILES string of the molecule is Cc1cnc(N[C@H]2CC[C@H](O)CC2)nc1/C(C#N)=C1/C=CC=CN1. The molecule has 0 spiro atoms. The van der Waals surface area contributed by atoms with Crippen LogP contribution in [0.4, 0.5) is 5.95 Å². The lowest BCUT2D eigenvalue weighted by atomic mass is 9.93. The Balaban J connectivity index is 1.85. The molecule has 1 saturated carbocycles. The summed E-state index contributed by atoms with van der Waals surface area (Å²) in [5, 5.41) is 25.6. The first kappa shape index (κ1) is 16.2. The van der Waals surface area contributed by atoms with E-state index in [1.165, 1.54) is 0 Å². The fourth-order valence-corrected chi connectivity index (χ4v) is 2.96. The Morgan fingerprint density at radius 2 is 2.12 bits per heavy atom. The van der Waals surface area contributed by atoms with E-state index in [0.29, 0.717) is 17.2 Å². The highest BCUT2D eigenvalue weighted by atomic mass is 16.3. The van der Waals surface area contributed by atoms with Crippen LogP contribution in [0, 0.1) is 18.3 Å². The number of anilines is 1. The van der Waals surface area contributed by atoms with Crippen LogP contribution in [0.5, 0.6) is 0 Å². The van der Waals surface area contributed by atoms with E-state index < -0.39 is 0 Å². The summed E-state index contributed by atoms with van der Waals surface area (Å²) >= 11 is 0. The second kappa shape index (κ2) is 7.28. The number of nitrogens with zero attached hydrogens (tertiary/aromatic N) is 3. The Hall–Kier alpha value is -2.65. The zero-order valence-corrected chi connectivity index (χ0v) is 13.7. The Bertz CT molecular complexity index is 736. The van der Waals surface area contributed by atoms with Gasteiger partial charge >= 0.3 is 0 Å². The molecule has 0 bridgehead atoms. The monoisotopic (exact) mass is 323 g/mol. The van der Waals surface area contributed by atoms with Crippen molar-refractivity contribution in [3.8, 4) is 6.07 Å². The topological polar surface area (TPSA) is 93.9 Å². The molecule has 1 aliphatic heterocycles. The highest BCUT2D eigenvalue weighted by Gasteiger charge is 2.20. The minimum absolute atomic E-state index is 0.190. The van der Waals surface area contributed by atoms with Crippen LogP contribution in [0.15, 0.2) is 36.3 Å². The van der Waals surface area contributed by atoms with Crippen molar-refractivity contribution >= 4 is 11.5 Å². The van der Waals surface area contributed by atoms with E-state index >= 15 is 0 Å². The minimum atomic E-state index is -0.190. The summed E-state index contributed by atoms with van der Waals surface area (Å²) in [5.41, 5.74) is 2.72. The highest BCUT2D eigenvalue weighted by Crippen LogP contribution is 2.24. The third-order valence-corrected chi connectivity index (χ3v) is 4.33. The third-order valence-electron chi connectivity index (χ3n) is 4.33. The van der Waals surface area contributed by atoms with Gasteiger partial charge in [-0.15, -0.1) is 0 Å². The number of allylic oxidation sites excluding steroid dienone is 4. The van der Waals surface area contributed by atoms with E-state index in [9.17, 15) is 10.4 Å². The number of aromatic nitrogens is 2. The van der Waals surface area contributed by atoms with Crippen molar-refractivity contribution in [3.05, 3.63) is 47.6 Å². The summed E-state index contributed by atoms with van der Waals surface area (Å²) in [6.07, 6.45) is 12.3. The summed E-state index contributed by atoms with van der Waals surface area (Å²) in [7, 11) is 0. The first-order chi connectivity index (χ1) is 11.7. The normalized spacial score (nSPS) is 24.9. The van der Waals surface area contributed by atoms with Crippen LogP contribution >= 0.6 is 0 Å². The van der Waals surface area contributed by atoms with Crippen molar-refractivity contribution in [1.29, 1.82) is 5.26 Å². The third kappa shape index (κ3) is 3.63. The molecular formula is C18H21N5O. The van der Waals surface area contributed by atoms with Gasteiger partial charge < -0.3 is 15.7 Å². The standard InChI is InChI=1S/C18H21N5O/c1-12-11-21-18(22-13-5-7-14(24)8-6-13)23-17(12)15(10-19)16-4-2-3-9-20-16/h2-4,9,11,13-14,20,24H,5-8H2,1H3,(H,21,22,23)/b16-15-/t13-,14-. The zero-order chi connectivity index (χ0) is 16.9. The number of rotatable bonds is 3. The molecule has 0 amide bonds. The van der Waals surface area contributed by atoms with Gasteiger partial charge in [-0.2, -0.15) is 5.26 Å². The molecule has 0 unspecified atom stereocenters. The van der Waals surface area contributed by atoms with Gasteiger partial charge in [0.15, 0.2) is 0 Å². The number of hydrogen-bond acceptors (Lipinski definition) is 6. The number of hydrogen-bond donors (Lipinski definition) is 3. The predicted octanol–water partition coefficient (Wildman–Crippen LogP) is 2.41. The van der Waals surface area contributed by atoms with Crippen LogP contribution in [0.2, 0.25) is 0 Å². The molecule has 0 aromatic carbocycles. The molecule has 6 heteroatoms. The molecule has 124 valence electrons. The smallest absolute Gasteiger partial charge is 0.223 e. The van der Waals surface area contributed by atoms with Gasteiger partial charge in [0, 0.05) is 18.4 Å². The van der Waals surface area contributed by atoms with Gasteiger partial charge in [0.2, 0.25) is 5.95 Å². The number of aryl methyl sites for hydroxylation is 1. The van der Waals surface area contributed by atoms with Gasteiger partial charge in [0.25, 0.3) is 0 Å². The van der Waals surface area contributed by atoms with Crippen molar-refractivity contribution in [3.63, 3.8) is 0 Å². The lowest BCUT2D eigenvalue weighted by Gasteiger charge is -2.26. The Kier molecular flexibility index (Phi) is 4.92. The van der Waals surface area contributed by atoms with E-state index in [4.69, 9.17) is 0 Å². The van der Waals surface area contributed by atoms with Crippen molar-refractivity contribution in [2.24, 2.45) is 0 Å². The Morgan fingerprint density at radius 3 is 2.79 bits per heavy atom. The largest absolute Gasteiger partial charge is 0.393 e.